The van der Waals surface area contributed by atoms with Crippen LogP contribution in [0.3, 0.4) is 0 Å². The van der Waals surface area contributed by atoms with Crippen LogP contribution >= 0.6 is 15.9 Å². The molecule has 14 heavy (non-hydrogen) atoms. The van der Waals surface area contributed by atoms with Gasteiger partial charge in [0.1, 0.15) is 5.82 Å². The number of aromatic nitrogens is 1. The molecule has 1 aromatic heterocycles. The number of methoxy groups -OCH3 is 1. The Labute approximate surface area is 93.0 Å². The first-order chi connectivity index (χ1) is 6.74. The van der Waals surface area contributed by atoms with Crippen LogP contribution < -0.4 is 5.32 Å². The fraction of sp³-hybridized carbons (Fsp3) is 0.500. The zero-order valence-electron chi connectivity index (χ0n) is 8.46. The molecule has 0 aliphatic carbocycles. The zero-order chi connectivity index (χ0) is 10.4. The molecule has 1 rings (SSSR count). The molecular weight excluding hydrogens is 244 g/mol. The molecule has 0 fully saturated rings. The highest BCUT2D eigenvalue weighted by atomic mass is 79.9. The minimum Gasteiger partial charge on any atom is -0.385 e. The average Bonchev–Trinajstić information content (AvgIpc) is 2.18. The standard InChI is InChI=1S/C10H15BrN2O/c1-8(5-7-14-2)13-10-9(11)4-3-6-12-10/h3-4,6,8H,5,7H2,1-2H3,(H,12,13). The third kappa shape index (κ3) is 3.64. The average molecular weight is 259 g/mol. The molecule has 0 bridgehead atoms. The summed E-state index contributed by atoms with van der Waals surface area (Å²) >= 11 is 3.44. The Morgan fingerprint density at radius 3 is 3.07 bits per heavy atom. The van der Waals surface area contributed by atoms with Gasteiger partial charge in [-0.05, 0) is 41.4 Å². The van der Waals surface area contributed by atoms with Crippen molar-refractivity contribution in [1.82, 2.24) is 4.98 Å². The minimum atomic E-state index is 0.362. The number of ether oxygens (including phenoxy) is 1. The van der Waals surface area contributed by atoms with Crippen LogP contribution in [-0.2, 0) is 4.74 Å². The van der Waals surface area contributed by atoms with Gasteiger partial charge in [0, 0.05) is 26.0 Å². The molecule has 0 aliphatic rings. The van der Waals surface area contributed by atoms with Crippen molar-refractivity contribution in [2.24, 2.45) is 0 Å². The number of hydrogen-bond acceptors (Lipinski definition) is 3. The van der Waals surface area contributed by atoms with Gasteiger partial charge in [-0.15, -0.1) is 0 Å². The first-order valence-corrected chi connectivity index (χ1v) is 5.39. The van der Waals surface area contributed by atoms with Crippen LogP contribution in [0.25, 0.3) is 0 Å². The van der Waals surface area contributed by atoms with Gasteiger partial charge in [0.2, 0.25) is 0 Å². The smallest absolute Gasteiger partial charge is 0.140 e. The predicted molar refractivity (Wildman–Crippen MR) is 61.5 cm³/mol. The number of nitrogens with zero attached hydrogens (tertiary/aromatic N) is 1. The monoisotopic (exact) mass is 258 g/mol. The SMILES string of the molecule is COCCC(C)Nc1ncccc1Br. The van der Waals surface area contributed by atoms with Crippen LogP contribution in [-0.4, -0.2) is 24.7 Å². The zero-order valence-corrected chi connectivity index (χ0v) is 10.0. The molecular formula is C10H15BrN2O. The molecule has 0 saturated heterocycles. The fourth-order valence-electron chi connectivity index (χ4n) is 1.09. The summed E-state index contributed by atoms with van der Waals surface area (Å²) < 4.78 is 6.00. The lowest BCUT2D eigenvalue weighted by atomic mass is 10.2. The van der Waals surface area contributed by atoms with E-state index in [-0.39, 0.29) is 0 Å². The van der Waals surface area contributed by atoms with E-state index in [1.165, 1.54) is 0 Å². The summed E-state index contributed by atoms with van der Waals surface area (Å²) in [6.45, 7) is 2.87. The summed E-state index contributed by atoms with van der Waals surface area (Å²) in [5.41, 5.74) is 0. The van der Waals surface area contributed by atoms with Gasteiger partial charge in [0.15, 0.2) is 0 Å². The second-order valence-corrected chi connectivity index (χ2v) is 4.02. The Morgan fingerprint density at radius 1 is 1.64 bits per heavy atom. The molecule has 1 N–H and O–H groups in total. The van der Waals surface area contributed by atoms with E-state index in [0.29, 0.717) is 6.04 Å². The lowest BCUT2D eigenvalue weighted by molar-refractivity contribution is 0.191. The lowest BCUT2D eigenvalue weighted by Crippen LogP contribution is -2.18. The Morgan fingerprint density at radius 2 is 2.43 bits per heavy atom. The van der Waals surface area contributed by atoms with Gasteiger partial charge in [-0.3, -0.25) is 0 Å². The maximum absolute atomic E-state index is 5.01. The van der Waals surface area contributed by atoms with Gasteiger partial charge in [-0.2, -0.15) is 0 Å². The first-order valence-electron chi connectivity index (χ1n) is 4.60. The molecule has 1 aromatic rings. The van der Waals surface area contributed by atoms with Crippen molar-refractivity contribution < 1.29 is 4.74 Å². The molecule has 0 saturated carbocycles. The molecule has 78 valence electrons. The summed E-state index contributed by atoms with van der Waals surface area (Å²) in [7, 11) is 1.71. The number of anilines is 1. The molecule has 0 amide bonds. The van der Waals surface area contributed by atoms with Crippen LogP contribution in [0.15, 0.2) is 22.8 Å². The van der Waals surface area contributed by atoms with E-state index in [4.69, 9.17) is 4.74 Å². The van der Waals surface area contributed by atoms with E-state index in [1.54, 1.807) is 13.3 Å². The van der Waals surface area contributed by atoms with Crippen molar-refractivity contribution in [3.63, 3.8) is 0 Å². The summed E-state index contributed by atoms with van der Waals surface area (Å²) in [4.78, 5) is 4.23. The molecule has 1 heterocycles. The quantitative estimate of drug-likeness (QED) is 0.882. The van der Waals surface area contributed by atoms with Crippen molar-refractivity contribution in [3.05, 3.63) is 22.8 Å². The molecule has 1 atom stereocenters. The van der Waals surface area contributed by atoms with Crippen LogP contribution in [0.2, 0.25) is 0 Å². The van der Waals surface area contributed by atoms with E-state index < -0.39 is 0 Å². The predicted octanol–water partition coefficient (Wildman–Crippen LogP) is 2.68. The van der Waals surface area contributed by atoms with Crippen molar-refractivity contribution >= 4 is 21.7 Å². The molecule has 4 heteroatoms. The van der Waals surface area contributed by atoms with Gasteiger partial charge in [0.25, 0.3) is 0 Å². The van der Waals surface area contributed by atoms with Gasteiger partial charge in [-0.25, -0.2) is 4.98 Å². The fourth-order valence-corrected chi connectivity index (χ4v) is 1.46. The van der Waals surface area contributed by atoms with Crippen LogP contribution in [0.5, 0.6) is 0 Å². The summed E-state index contributed by atoms with van der Waals surface area (Å²) in [5, 5.41) is 3.31. The molecule has 1 unspecified atom stereocenters. The lowest BCUT2D eigenvalue weighted by Gasteiger charge is -2.14. The van der Waals surface area contributed by atoms with Crippen molar-refractivity contribution in [1.29, 1.82) is 0 Å². The van der Waals surface area contributed by atoms with Crippen LogP contribution in [0.1, 0.15) is 13.3 Å². The number of rotatable bonds is 5. The van der Waals surface area contributed by atoms with Gasteiger partial charge in [-0.1, -0.05) is 0 Å². The normalized spacial score (nSPS) is 12.5. The first kappa shape index (κ1) is 11.5. The summed E-state index contributed by atoms with van der Waals surface area (Å²) in [6, 6.07) is 4.23. The van der Waals surface area contributed by atoms with Crippen molar-refractivity contribution in [3.8, 4) is 0 Å². The topological polar surface area (TPSA) is 34.1 Å². The Kier molecular flexibility index (Phi) is 4.90. The van der Waals surface area contributed by atoms with E-state index >= 15 is 0 Å². The maximum atomic E-state index is 5.01. The van der Waals surface area contributed by atoms with E-state index in [1.807, 2.05) is 12.1 Å². The third-order valence-electron chi connectivity index (χ3n) is 1.90. The summed E-state index contributed by atoms with van der Waals surface area (Å²) in [5.74, 6) is 0.885. The van der Waals surface area contributed by atoms with Crippen molar-refractivity contribution in [2.45, 2.75) is 19.4 Å². The molecule has 0 radical (unpaired) electrons. The second kappa shape index (κ2) is 5.98. The number of pyridine rings is 1. The van der Waals surface area contributed by atoms with Crippen LogP contribution in [0, 0.1) is 0 Å². The Hall–Kier alpha value is -0.610. The number of halogens is 1. The number of hydrogen-bond donors (Lipinski definition) is 1. The molecule has 0 aliphatic heterocycles. The van der Waals surface area contributed by atoms with Gasteiger partial charge in [0.05, 0.1) is 4.47 Å². The van der Waals surface area contributed by atoms with Crippen LogP contribution in [0.4, 0.5) is 5.82 Å². The van der Waals surface area contributed by atoms with E-state index in [0.717, 1.165) is 23.3 Å². The second-order valence-electron chi connectivity index (χ2n) is 3.16. The van der Waals surface area contributed by atoms with Gasteiger partial charge >= 0.3 is 0 Å². The molecule has 3 nitrogen and oxygen atoms in total. The van der Waals surface area contributed by atoms with Crippen molar-refractivity contribution in [2.75, 3.05) is 19.0 Å². The highest BCUT2D eigenvalue weighted by molar-refractivity contribution is 9.10. The Bertz CT molecular complexity index is 281. The Balaban J connectivity index is 2.47. The largest absolute Gasteiger partial charge is 0.385 e. The highest BCUT2D eigenvalue weighted by Gasteiger charge is 2.04. The third-order valence-corrected chi connectivity index (χ3v) is 2.54. The molecule has 0 aromatic carbocycles. The van der Waals surface area contributed by atoms with E-state index in [2.05, 4.69) is 33.2 Å². The highest BCUT2D eigenvalue weighted by Crippen LogP contribution is 2.19. The molecule has 0 spiro atoms. The minimum absolute atomic E-state index is 0.362. The van der Waals surface area contributed by atoms with Gasteiger partial charge < -0.3 is 10.1 Å². The van der Waals surface area contributed by atoms with E-state index in [9.17, 15) is 0 Å². The number of nitrogens with one attached hydrogen (secondary N) is 1. The summed E-state index contributed by atoms with van der Waals surface area (Å²) in [6.07, 6.45) is 2.75. The maximum Gasteiger partial charge on any atom is 0.140 e.